The number of benzene rings is 2. The molecule has 6 heteroatoms. The molecule has 1 aliphatic rings. The summed E-state index contributed by atoms with van der Waals surface area (Å²) < 4.78 is 11.1. The van der Waals surface area contributed by atoms with Crippen molar-refractivity contribution in [2.75, 3.05) is 39.9 Å². The van der Waals surface area contributed by atoms with Gasteiger partial charge in [0.05, 0.1) is 19.3 Å². The third kappa shape index (κ3) is 6.48. The number of hydrogen-bond donors (Lipinski definition) is 0. The molecule has 2 amide bonds. The fourth-order valence-corrected chi connectivity index (χ4v) is 3.79. The van der Waals surface area contributed by atoms with Gasteiger partial charge in [0.2, 0.25) is 5.91 Å². The van der Waals surface area contributed by atoms with Crippen molar-refractivity contribution in [2.45, 2.75) is 32.6 Å². The van der Waals surface area contributed by atoms with Crippen molar-refractivity contribution in [1.29, 1.82) is 0 Å². The minimum absolute atomic E-state index is 0.0416. The monoisotopic (exact) mass is 424 g/mol. The Balaban J connectivity index is 1.41. The number of carbonyl (C=O) groups excluding carboxylic acids is 2. The first-order valence-electron chi connectivity index (χ1n) is 11.0. The Bertz CT molecular complexity index is 883. The molecule has 0 aliphatic carbocycles. The van der Waals surface area contributed by atoms with Gasteiger partial charge in [-0.3, -0.25) is 9.59 Å². The summed E-state index contributed by atoms with van der Waals surface area (Å²) in [6.45, 7) is 5.09. The molecule has 0 bridgehead atoms. The van der Waals surface area contributed by atoms with Gasteiger partial charge >= 0.3 is 0 Å². The Hall–Kier alpha value is -3.02. The average Bonchev–Trinajstić information content (AvgIpc) is 3.05. The summed E-state index contributed by atoms with van der Waals surface area (Å²) >= 11 is 0. The number of ether oxygens (including phenoxy) is 2. The minimum atomic E-state index is -0.0416. The van der Waals surface area contributed by atoms with E-state index in [0.717, 1.165) is 25.0 Å². The van der Waals surface area contributed by atoms with Crippen LogP contribution in [0, 0.1) is 6.92 Å². The number of amides is 2. The lowest BCUT2D eigenvalue weighted by molar-refractivity contribution is -0.131. The quantitative estimate of drug-likeness (QED) is 0.603. The zero-order chi connectivity index (χ0) is 22.1. The number of hydrogen-bond acceptors (Lipinski definition) is 4. The van der Waals surface area contributed by atoms with Crippen LogP contribution in [0.3, 0.4) is 0 Å². The average molecular weight is 425 g/mol. The Morgan fingerprint density at radius 3 is 2.52 bits per heavy atom. The molecule has 0 spiro atoms. The molecule has 0 unspecified atom stereocenters. The van der Waals surface area contributed by atoms with E-state index in [2.05, 4.69) is 0 Å². The zero-order valence-electron chi connectivity index (χ0n) is 18.5. The SMILES string of the molecule is COc1ccccc1C(=O)N1CCCN(C(=O)CCCCOc2cccc(C)c2)CC1. The van der Waals surface area contributed by atoms with E-state index < -0.39 is 0 Å². The maximum Gasteiger partial charge on any atom is 0.257 e. The van der Waals surface area contributed by atoms with Crippen molar-refractivity contribution in [3.63, 3.8) is 0 Å². The first-order valence-corrected chi connectivity index (χ1v) is 11.0. The molecule has 1 saturated heterocycles. The van der Waals surface area contributed by atoms with Crippen LogP contribution in [-0.2, 0) is 4.79 Å². The van der Waals surface area contributed by atoms with Crippen LogP contribution >= 0.6 is 0 Å². The van der Waals surface area contributed by atoms with E-state index in [4.69, 9.17) is 9.47 Å². The molecule has 1 heterocycles. The van der Waals surface area contributed by atoms with Crippen molar-refractivity contribution in [3.05, 3.63) is 59.7 Å². The minimum Gasteiger partial charge on any atom is -0.496 e. The van der Waals surface area contributed by atoms with Crippen molar-refractivity contribution in [2.24, 2.45) is 0 Å². The maximum atomic E-state index is 12.9. The van der Waals surface area contributed by atoms with Crippen molar-refractivity contribution >= 4 is 11.8 Å². The van der Waals surface area contributed by atoms with E-state index in [1.807, 2.05) is 53.1 Å². The van der Waals surface area contributed by atoms with Gasteiger partial charge in [-0.25, -0.2) is 0 Å². The van der Waals surface area contributed by atoms with E-state index in [9.17, 15) is 9.59 Å². The van der Waals surface area contributed by atoms with E-state index in [0.29, 0.717) is 50.5 Å². The smallest absolute Gasteiger partial charge is 0.257 e. The molecule has 1 aliphatic heterocycles. The highest BCUT2D eigenvalue weighted by Crippen LogP contribution is 2.20. The lowest BCUT2D eigenvalue weighted by atomic mass is 10.1. The third-order valence-electron chi connectivity index (χ3n) is 5.52. The second kappa shape index (κ2) is 11.4. The maximum absolute atomic E-state index is 12.9. The second-order valence-corrected chi connectivity index (χ2v) is 7.85. The molecular formula is C25H32N2O4. The van der Waals surface area contributed by atoms with Crippen LogP contribution in [0.5, 0.6) is 11.5 Å². The topological polar surface area (TPSA) is 59.1 Å². The van der Waals surface area contributed by atoms with Crippen LogP contribution in [0.4, 0.5) is 0 Å². The molecular weight excluding hydrogens is 392 g/mol. The standard InChI is InChI=1S/C25H32N2O4/c1-20-9-7-10-21(19-20)31-18-6-5-13-24(28)26-14-8-15-27(17-16-26)25(29)22-11-3-4-12-23(22)30-2/h3-4,7,9-12,19H,5-6,8,13-18H2,1-2H3. The summed E-state index contributed by atoms with van der Waals surface area (Å²) in [4.78, 5) is 29.3. The molecule has 31 heavy (non-hydrogen) atoms. The third-order valence-corrected chi connectivity index (χ3v) is 5.52. The molecule has 1 fully saturated rings. The van der Waals surface area contributed by atoms with Gasteiger partial charge in [0.25, 0.3) is 5.91 Å². The van der Waals surface area contributed by atoms with Crippen LogP contribution in [0.1, 0.15) is 41.6 Å². The fourth-order valence-electron chi connectivity index (χ4n) is 3.79. The number of aryl methyl sites for hydroxylation is 1. The molecule has 3 rings (SSSR count). The Labute approximate surface area is 184 Å². The lowest BCUT2D eigenvalue weighted by Gasteiger charge is -2.23. The van der Waals surface area contributed by atoms with Crippen LogP contribution < -0.4 is 9.47 Å². The first kappa shape index (κ1) is 22.7. The van der Waals surface area contributed by atoms with Crippen molar-refractivity contribution in [3.8, 4) is 11.5 Å². The zero-order valence-corrected chi connectivity index (χ0v) is 18.5. The van der Waals surface area contributed by atoms with Crippen LogP contribution in [-0.4, -0.2) is 61.5 Å². The van der Waals surface area contributed by atoms with Crippen LogP contribution in [0.15, 0.2) is 48.5 Å². The van der Waals surface area contributed by atoms with E-state index >= 15 is 0 Å². The molecule has 0 aromatic heterocycles. The normalized spacial score (nSPS) is 14.1. The van der Waals surface area contributed by atoms with E-state index in [1.54, 1.807) is 19.2 Å². The summed E-state index contributed by atoms with van der Waals surface area (Å²) in [7, 11) is 1.57. The second-order valence-electron chi connectivity index (χ2n) is 7.85. The van der Waals surface area contributed by atoms with Gasteiger partial charge in [0.15, 0.2) is 0 Å². The summed E-state index contributed by atoms with van der Waals surface area (Å²) in [6.07, 6.45) is 2.93. The van der Waals surface area contributed by atoms with Gasteiger partial charge < -0.3 is 19.3 Å². The summed E-state index contributed by atoms with van der Waals surface area (Å²) in [6, 6.07) is 15.3. The Morgan fingerprint density at radius 1 is 0.935 bits per heavy atom. The number of rotatable bonds is 8. The molecule has 0 radical (unpaired) electrons. The van der Waals surface area contributed by atoms with Gasteiger partial charge in [0, 0.05) is 32.6 Å². The molecule has 166 valence electrons. The number of methoxy groups -OCH3 is 1. The van der Waals surface area contributed by atoms with E-state index in [1.165, 1.54) is 5.56 Å². The number of carbonyl (C=O) groups is 2. The van der Waals surface area contributed by atoms with Gasteiger partial charge in [-0.05, 0) is 56.0 Å². The Morgan fingerprint density at radius 2 is 1.71 bits per heavy atom. The number of unbranched alkanes of at least 4 members (excludes halogenated alkanes) is 1. The predicted octanol–water partition coefficient (Wildman–Crippen LogP) is 3.93. The van der Waals surface area contributed by atoms with Gasteiger partial charge in [-0.15, -0.1) is 0 Å². The van der Waals surface area contributed by atoms with E-state index in [-0.39, 0.29) is 11.8 Å². The molecule has 2 aromatic carbocycles. The highest BCUT2D eigenvalue weighted by Gasteiger charge is 2.24. The largest absolute Gasteiger partial charge is 0.496 e. The molecule has 2 aromatic rings. The van der Waals surface area contributed by atoms with Gasteiger partial charge in [0.1, 0.15) is 11.5 Å². The summed E-state index contributed by atoms with van der Waals surface area (Å²) in [5.74, 6) is 1.57. The van der Waals surface area contributed by atoms with Crippen LogP contribution in [0.25, 0.3) is 0 Å². The molecule has 0 N–H and O–H groups in total. The summed E-state index contributed by atoms with van der Waals surface area (Å²) in [5.41, 5.74) is 1.74. The van der Waals surface area contributed by atoms with Crippen molar-refractivity contribution in [1.82, 2.24) is 9.80 Å². The fraction of sp³-hybridized carbons (Fsp3) is 0.440. The predicted molar refractivity (Wildman–Crippen MR) is 121 cm³/mol. The molecule has 0 atom stereocenters. The highest BCUT2D eigenvalue weighted by molar-refractivity contribution is 5.97. The lowest BCUT2D eigenvalue weighted by Crippen LogP contribution is -2.37. The van der Waals surface area contributed by atoms with Gasteiger partial charge in [-0.2, -0.15) is 0 Å². The number of para-hydroxylation sites is 1. The van der Waals surface area contributed by atoms with Crippen LogP contribution in [0.2, 0.25) is 0 Å². The van der Waals surface area contributed by atoms with Crippen molar-refractivity contribution < 1.29 is 19.1 Å². The number of nitrogens with zero attached hydrogens (tertiary/aromatic N) is 2. The first-order chi connectivity index (χ1) is 15.1. The summed E-state index contributed by atoms with van der Waals surface area (Å²) in [5, 5.41) is 0. The highest BCUT2D eigenvalue weighted by atomic mass is 16.5. The van der Waals surface area contributed by atoms with Gasteiger partial charge in [-0.1, -0.05) is 24.3 Å². The molecule has 6 nitrogen and oxygen atoms in total. The molecule has 0 saturated carbocycles. The Kier molecular flexibility index (Phi) is 8.33.